The lowest BCUT2D eigenvalue weighted by atomic mass is 9.68. The van der Waals surface area contributed by atoms with Gasteiger partial charge in [0.05, 0.1) is 39.0 Å². The maximum atomic E-state index is 13.6. The van der Waals surface area contributed by atoms with Gasteiger partial charge >= 0.3 is 0 Å². The van der Waals surface area contributed by atoms with Gasteiger partial charge in [0.2, 0.25) is 11.8 Å². The normalized spacial score (nSPS) is 25.4. The fourth-order valence-corrected chi connectivity index (χ4v) is 4.91. The molecule has 0 unspecified atom stereocenters. The number of nitrogens with zero attached hydrogens (tertiary/aromatic N) is 2. The zero-order valence-corrected chi connectivity index (χ0v) is 18.1. The lowest BCUT2D eigenvalue weighted by Crippen LogP contribution is -2.47. The summed E-state index contributed by atoms with van der Waals surface area (Å²) in [6.07, 6.45) is 9.74. The Kier molecular flexibility index (Phi) is 5.80. The number of fused-ring (bicyclic) bond motifs is 1. The molecule has 1 aliphatic carbocycles. The van der Waals surface area contributed by atoms with Gasteiger partial charge in [-0.05, 0) is 17.0 Å². The van der Waals surface area contributed by atoms with E-state index in [1.165, 1.54) is 4.90 Å². The number of hydrogen-bond donors (Lipinski definition) is 0. The number of quaternary nitrogens is 1. The minimum Gasteiger partial charge on any atom is -0.317 e. The highest BCUT2D eigenvalue weighted by Gasteiger charge is 2.55. The lowest BCUT2D eigenvalue weighted by Gasteiger charge is -2.32. The van der Waals surface area contributed by atoms with E-state index in [0.717, 1.165) is 11.1 Å². The summed E-state index contributed by atoms with van der Waals surface area (Å²) in [4.78, 5) is 28.7. The third kappa shape index (κ3) is 4.06. The molecule has 2 aliphatic rings. The summed E-state index contributed by atoms with van der Waals surface area (Å²) in [7, 11) is 4.05. The van der Waals surface area contributed by atoms with Gasteiger partial charge in [0.1, 0.15) is 6.54 Å². The molecule has 4 heteroatoms. The second-order valence-electron chi connectivity index (χ2n) is 9.16. The van der Waals surface area contributed by atoms with Crippen LogP contribution in [0.25, 0.3) is 0 Å². The van der Waals surface area contributed by atoms with Crippen LogP contribution in [0, 0.1) is 24.2 Å². The van der Waals surface area contributed by atoms with Crippen molar-refractivity contribution in [1.82, 2.24) is 4.90 Å². The molecule has 1 fully saturated rings. The zero-order chi connectivity index (χ0) is 22.0. The van der Waals surface area contributed by atoms with Crippen LogP contribution in [-0.4, -0.2) is 54.9 Å². The number of likely N-dealkylation sites (tertiary alicyclic amines) is 1. The van der Waals surface area contributed by atoms with Crippen molar-refractivity contribution in [2.45, 2.75) is 11.8 Å². The first kappa shape index (κ1) is 21.1. The van der Waals surface area contributed by atoms with Crippen molar-refractivity contribution in [3.63, 3.8) is 0 Å². The quantitative estimate of drug-likeness (QED) is 0.315. The lowest BCUT2D eigenvalue weighted by molar-refractivity contribution is -0.882. The Morgan fingerprint density at radius 3 is 1.71 bits per heavy atom. The van der Waals surface area contributed by atoms with Gasteiger partial charge in [-0.15, -0.1) is 6.42 Å². The van der Waals surface area contributed by atoms with Gasteiger partial charge in [-0.1, -0.05) is 72.8 Å². The summed E-state index contributed by atoms with van der Waals surface area (Å²) in [5.74, 6) is 1.61. The Bertz CT molecular complexity index is 953. The van der Waals surface area contributed by atoms with Gasteiger partial charge in [0, 0.05) is 11.8 Å². The molecule has 4 rings (SSSR count). The number of terminal acetylenes is 1. The van der Waals surface area contributed by atoms with Crippen molar-refractivity contribution >= 4 is 11.8 Å². The maximum Gasteiger partial charge on any atom is 0.234 e. The molecule has 1 saturated heterocycles. The number of carbonyl (C=O) groups is 2. The smallest absolute Gasteiger partial charge is 0.234 e. The van der Waals surface area contributed by atoms with Crippen molar-refractivity contribution in [1.29, 1.82) is 0 Å². The molecule has 0 bridgehead atoms. The molecule has 31 heavy (non-hydrogen) atoms. The van der Waals surface area contributed by atoms with Crippen LogP contribution in [0.1, 0.15) is 23.0 Å². The van der Waals surface area contributed by atoms with E-state index < -0.39 is 0 Å². The van der Waals surface area contributed by atoms with E-state index in [9.17, 15) is 9.59 Å². The molecular weight excluding hydrogens is 384 g/mol. The van der Waals surface area contributed by atoms with Crippen molar-refractivity contribution in [2.75, 3.05) is 33.7 Å². The summed E-state index contributed by atoms with van der Waals surface area (Å²) >= 11 is 0. The van der Waals surface area contributed by atoms with Crippen LogP contribution in [0.2, 0.25) is 0 Å². The van der Waals surface area contributed by atoms with Gasteiger partial charge in [-0.25, -0.2) is 0 Å². The van der Waals surface area contributed by atoms with Gasteiger partial charge in [0.25, 0.3) is 0 Å². The second kappa shape index (κ2) is 8.53. The average Bonchev–Trinajstić information content (AvgIpc) is 3.03. The van der Waals surface area contributed by atoms with Crippen LogP contribution in [0.4, 0.5) is 0 Å². The number of imide groups is 1. The first-order valence-electron chi connectivity index (χ1n) is 10.8. The molecule has 0 spiro atoms. The fourth-order valence-electron chi connectivity index (χ4n) is 4.91. The fraction of sp³-hybridized carbons (Fsp3) is 0.333. The molecule has 4 atom stereocenters. The Labute approximate surface area is 184 Å². The van der Waals surface area contributed by atoms with E-state index in [1.54, 1.807) is 0 Å². The van der Waals surface area contributed by atoms with Gasteiger partial charge in [-0.2, -0.15) is 0 Å². The van der Waals surface area contributed by atoms with Crippen LogP contribution in [0.3, 0.4) is 0 Å². The van der Waals surface area contributed by atoms with E-state index in [2.05, 4.69) is 18.1 Å². The number of amides is 2. The molecule has 0 radical (unpaired) electrons. The molecule has 2 aromatic carbocycles. The number of benzene rings is 2. The molecule has 2 aromatic rings. The Hall–Kier alpha value is -3.16. The van der Waals surface area contributed by atoms with Crippen molar-refractivity contribution in [3.05, 3.63) is 83.9 Å². The molecular formula is C27H29N2O2+. The highest BCUT2D eigenvalue weighted by atomic mass is 16.2. The second-order valence-corrected chi connectivity index (χ2v) is 9.16. The Morgan fingerprint density at radius 2 is 1.29 bits per heavy atom. The molecule has 158 valence electrons. The van der Waals surface area contributed by atoms with Crippen LogP contribution >= 0.6 is 0 Å². The summed E-state index contributed by atoms with van der Waals surface area (Å²) in [5, 5.41) is 0. The van der Waals surface area contributed by atoms with E-state index in [-0.39, 0.29) is 35.5 Å². The average molecular weight is 414 g/mol. The topological polar surface area (TPSA) is 37.4 Å². The number of likely N-dealkylation sites (N-methyl/N-ethyl adjacent to an activating group) is 1. The van der Waals surface area contributed by atoms with E-state index >= 15 is 0 Å². The van der Waals surface area contributed by atoms with Crippen LogP contribution in [0.5, 0.6) is 0 Å². The highest BCUT2D eigenvalue weighted by molar-refractivity contribution is 6.06. The monoisotopic (exact) mass is 413 g/mol. The highest BCUT2D eigenvalue weighted by Crippen LogP contribution is 2.49. The van der Waals surface area contributed by atoms with Gasteiger partial charge in [0.15, 0.2) is 0 Å². The molecule has 0 saturated carbocycles. The summed E-state index contributed by atoms with van der Waals surface area (Å²) in [6, 6.07) is 20.1. The molecule has 0 N–H and O–H groups in total. The first-order chi connectivity index (χ1) is 14.9. The Balaban J connectivity index is 1.69. The molecule has 2 amide bonds. The maximum absolute atomic E-state index is 13.6. The standard InChI is InChI=1S/C27H29N2O2/c1-4-18-29(2,3)19-17-28-26(30)24-22(20-11-7-5-8-12-20)15-16-23(25(24)27(28)31)21-13-9-6-10-14-21/h1,5-16,22-25H,17-19H2,2-3H3/q+1/t22-,23-,24+,25+/m0/s1. The Morgan fingerprint density at radius 1 is 0.839 bits per heavy atom. The predicted molar refractivity (Wildman–Crippen MR) is 122 cm³/mol. The minimum atomic E-state index is -0.381. The zero-order valence-electron chi connectivity index (χ0n) is 18.1. The van der Waals surface area contributed by atoms with Gasteiger partial charge in [-0.3, -0.25) is 14.5 Å². The number of rotatable bonds is 6. The van der Waals surface area contributed by atoms with E-state index in [4.69, 9.17) is 6.42 Å². The third-order valence-electron chi connectivity index (χ3n) is 6.61. The van der Waals surface area contributed by atoms with Crippen LogP contribution in [-0.2, 0) is 9.59 Å². The predicted octanol–water partition coefficient (Wildman–Crippen LogP) is 3.43. The number of carbonyl (C=O) groups excluding carboxylic acids is 2. The van der Waals surface area contributed by atoms with Crippen molar-refractivity contribution in [2.24, 2.45) is 11.8 Å². The first-order valence-corrected chi connectivity index (χ1v) is 10.8. The number of hydrogen-bond acceptors (Lipinski definition) is 2. The SMILES string of the molecule is C#CC[N+](C)(C)CCN1C(=O)[C@H]2[C@H](C1=O)[C@H](c1ccccc1)C=C[C@H]2c1ccccc1. The molecule has 1 aliphatic heterocycles. The molecule has 4 nitrogen and oxygen atoms in total. The van der Waals surface area contributed by atoms with Gasteiger partial charge < -0.3 is 4.48 Å². The van der Waals surface area contributed by atoms with E-state index in [0.29, 0.717) is 24.1 Å². The summed E-state index contributed by atoms with van der Waals surface area (Å²) in [5.41, 5.74) is 2.15. The largest absolute Gasteiger partial charge is 0.317 e. The minimum absolute atomic E-state index is 0.0603. The molecule has 1 heterocycles. The van der Waals surface area contributed by atoms with Crippen LogP contribution in [0.15, 0.2) is 72.8 Å². The summed E-state index contributed by atoms with van der Waals surface area (Å²) in [6.45, 7) is 1.59. The van der Waals surface area contributed by atoms with Crippen LogP contribution < -0.4 is 0 Å². The van der Waals surface area contributed by atoms with Crippen molar-refractivity contribution < 1.29 is 14.1 Å². The number of allylic oxidation sites excluding steroid dienone is 2. The third-order valence-corrected chi connectivity index (χ3v) is 6.61. The molecule has 0 aromatic heterocycles. The van der Waals surface area contributed by atoms with E-state index in [1.807, 2.05) is 74.8 Å². The summed E-state index contributed by atoms with van der Waals surface area (Å²) < 4.78 is 0.575. The van der Waals surface area contributed by atoms with Crippen molar-refractivity contribution in [3.8, 4) is 12.3 Å².